The number of aryl methyl sites for hydroxylation is 1. The normalized spacial score (nSPS) is 15.1. The van der Waals surface area contributed by atoms with Crippen molar-refractivity contribution in [2.45, 2.75) is 6.92 Å². The van der Waals surface area contributed by atoms with E-state index in [0.29, 0.717) is 26.2 Å². The number of carboxylic acid groups (broad SMARTS) is 2. The van der Waals surface area contributed by atoms with Crippen molar-refractivity contribution in [3.05, 3.63) is 64.1 Å². The summed E-state index contributed by atoms with van der Waals surface area (Å²) in [4.78, 5) is 36.5. The maximum Gasteiger partial charge on any atom is 0.341 e. The van der Waals surface area contributed by atoms with Crippen molar-refractivity contribution in [2.24, 2.45) is 0 Å². The molecular formula is C20H15NO6S2. The number of carboxylic acids is 2. The molecule has 29 heavy (non-hydrogen) atoms. The van der Waals surface area contributed by atoms with Gasteiger partial charge in [-0.25, -0.2) is 9.59 Å². The summed E-state index contributed by atoms with van der Waals surface area (Å²) in [5.74, 6) is -2.18. The molecule has 0 bridgehead atoms. The third kappa shape index (κ3) is 4.64. The zero-order valence-corrected chi connectivity index (χ0v) is 16.8. The van der Waals surface area contributed by atoms with Gasteiger partial charge in [-0.1, -0.05) is 42.2 Å². The first-order valence-corrected chi connectivity index (χ1v) is 9.55. The molecule has 0 unspecified atom stereocenters. The average molecular weight is 429 g/mol. The average Bonchev–Trinajstić information content (AvgIpc) is 2.94. The fraction of sp³-hybridized carbons (Fsp3) is 0.100. The van der Waals surface area contributed by atoms with Gasteiger partial charge in [-0.15, -0.1) is 0 Å². The van der Waals surface area contributed by atoms with Crippen LogP contribution >= 0.6 is 24.0 Å². The number of hydrogen-bond acceptors (Lipinski definition) is 6. The summed E-state index contributed by atoms with van der Waals surface area (Å²) in [6.07, 6.45) is 1.63. The molecule has 1 amide bonds. The number of nitrogens with zero attached hydrogens (tertiary/aromatic N) is 1. The van der Waals surface area contributed by atoms with Gasteiger partial charge in [-0.3, -0.25) is 9.69 Å². The predicted molar refractivity (Wildman–Crippen MR) is 113 cm³/mol. The topological polar surface area (TPSA) is 104 Å². The van der Waals surface area contributed by atoms with Crippen LogP contribution in [-0.4, -0.2) is 39.0 Å². The van der Waals surface area contributed by atoms with Crippen LogP contribution in [0.25, 0.3) is 6.08 Å². The molecule has 0 atom stereocenters. The standard InChI is InChI=1S/C20H15NO6S2/c1-11-5-6-13(19(25)26)9-15(11)21-18(24)16(29-20(21)28)8-12-3-2-4-14(7-12)27-10-17(22)23/h2-9H,10H2,1H3,(H,22,23)(H,25,26)/b16-8-. The Hall–Kier alpha value is -3.17. The van der Waals surface area contributed by atoms with Gasteiger partial charge in [0.1, 0.15) is 5.75 Å². The number of hydrogen-bond donors (Lipinski definition) is 2. The zero-order valence-electron chi connectivity index (χ0n) is 15.1. The van der Waals surface area contributed by atoms with Gasteiger partial charge in [0.05, 0.1) is 16.2 Å². The smallest absolute Gasteiger partial charge is 0.341 e. The molecule has 2 aromatic carbocycles. The van der Waals surface area contributed by atoms with Gasteiger partial charge < -0.3 is 14.9 Å². The van der Waals surface area contributed by atoms with Crippen LogP contribution in [-0.2, 0) is 9.59 Å². The minimum absolute atomic E-state index is 0.0620. The number of carbonyl (C=O) groups excluding carboxylic acids is 1. The van der Waals surface area contributed by atoms with E-state index in [-0.39, 0.29) is 11.5 Å². The summed E-state index contributed by atoms with van der Waals surface area (Å²) in [6, 6.07) is 11.2. The van der Waals surface area contributed by atoms with Crippen LogP contribution in [0.4, 0.5) is 5.69 Å². The molecule has 1 heterocycles. The second-order valence-corrected chi connectivity index (χ2v) is 7.75. The highest BCUT2D eigenvalue weighted by atomic mass is 32.2. The Balaban J connectivity index is 1.90. The SMILES string of the molecule is Cc1ccc(C(=O)O)cc1N1C(=O)/C(=C/c2cccc(OCC(=O)O)c2)SC1=S. The Morgan fingerprint density at radius 2 is 1.97 bits per heavy atom. The molecule has 0 radical (unpaired) electrons. The van der Waals surface area contributed by atoms with Crippen molar-refractivity contribution >= 4 is 57.9 Å². The molecule has 0 saturated carbocycles. The lowest BCUT2D eigenvalue weighted by molar-refractivity contribution is -0.139. The highest BCUT2D eigenvalue weighted by Crippen LogP contribution is 2.37. The molecule has 1 saturated heterocycles. The Morgan fingerprint density at radius 3 is 2.66 bits per heavy atom. The molecule has 7 nitrogen and oxygen atoms in total. The van der Waals surface area contributed by atoms with E-state index in [1.165, 1.54) is 17.0 Å². The summed E-state index contributed by atoms with van der Waals surface area (Å²) in [6.45, 7) is 1.30. The quantitative estimate of drug-likeness (QED) is 0.531. The third-order valence-corrected chi connectivity index (χ3v) is 5.31. The van der Waals surface area contributed by atoms with Crippen molar-refractivity contribution in [1.82, 2.24) is 0 Å². The highest BCUT2D eigenvalue weighted by molar-refractivity contribution is 8.27. The summed E-state index contributed by atoms with van der Waals surface area (Å²) in [5.41, 5.74) is 1.85. The number of rotatable bonds is 6. The molecule has 9 heteroatoms. The van der Waals surface area contributed by atoms with E-state index in [4.69, 9.17) is 22.1 Å². The molecule has 0 aromatic heterocycles. The van der Waals surface area contributed by atoms with Crippen LogP contribution < -0.4 is 9.64 Å². The zero-order chi connectivity index (χ0) is 21.1. The van der Waals surface area contributed by atoms with E-state index in [9.17, 15) is 19.5 Å². The number of ether oxygens (including phenoxy) is 1. The van der Waals surface area contributed by atoms with Crippen LogP contribution in [0.15, 0.2) is 47.4 Å². The molecule has 3 rings (SSSR count). The molecule has 0 aliphatic carbocycles. The number of thiocarbonyl (C=S) groups is 1. The number of aromatic carboxylic acids is 1. The Labute approximate surface area is 175 Å². The maximum atomic E-state index is 12.9. The number of amides is 1. The molecule has 2 N–H and O–H groups in total. The lowest BCUT2D eigenvalue weighted by atomic mass is 10.1. The van der Waals surface area contributed by atoms with Crippen LogP contribution in [0, 0.1) is 6.92 Å². The van der Waals surface area contributed by atoms with Gasteiger partial charge >= 0.3 is 11.9 Å². The molecule has 1 fully saturated rings. The number of benzene rings is 2. The van der Waals surface area contributed by atoms with Crippen LogP contribution in [0.3, 0.4) is 0 Å². The monoisotopic (exact) mass is 429 g/mol. The van der Waals surface area contributed by atoms with Crippen LogP contribution in [0.5, 0.6) is 5.75 Å². The molecule has 1 aliphatic rings. The number of aliphatic carboxylic acids is 1. The number of anilines is 1. The Morgan fingerprint density at radius 1 is 1.21 bits per heavy atom. The molecular weight excluding hydrogens is 414 g/mol. The number of carbonyl (C=O) groups is 3. The maximum absolute atomic E-state index is 12.9. The molecule has 1 aliphatic heterocycles. The lowest BCUT2D eigenvalue weighted by Gasteiger charge is -2.17. The van der Waals surface area contributed by atoms with E-state index in [2.05, 4.69) is 0 Å². The summed E-state index contributed by atoms with van der Waals surface area (Å²) in [5, 5.41) is 17.9. The molecule has 148 valence electrons. The molecule has 2 aromatic rings. The van der Waals surface area contributed by atoms with Gasteiger partial charge in [0.15, 0.2) is 10.9 Å². The first kappa shape index (κ1) is 20.6. The van der Waals surface area contributed by atoms with Gasteiger partial charge in [0.2, 0.25) is 0 Å². The minimum Gasteiger partial charge on any atom is -0.482 e. The van der Waals surface area contributed by atoms with Crippen molar-refractivity contribution < 1.29 is 29.3 Å². The summed E-state index contributed by atoms with van der Waals surface area (Å²) in [7, 11) is 0. The third-order valence-electron chi connectivity index (χ3n) is 4.01. The van der Waals surface area contributed by atoms with E-state index >= 15 is 0 Å². The van der Waals surface area contributed by atoms with Crippen molar-refractivity contribution in [1.29, 1.82) is 0 Å². The summed E-state index contributed by atoms with van der Waals surface area (Å²) < 4.78 is 5.45. The van der Waals surface area contributed by atoms with Gasteiger partial charge in [0, 0.05) is 0 Å². The van der Waals surface area contributed by atoms with Gasteiger partial charge in [-0.05, 0) is 48.4 Å². The second-order valence-electron chi connectivity index (χ2n) is 6.08. The van der Waals surface area contributed by atoms with E-state index in [1.807, 2.05) is 0 Å². The largest absolute Gasteiger partial charge is 0.482 e. The fourth-order valence-electron chi connectivity index (χ4n) is 2.65. The second kappa shape index (κ2) is 8.46. The molecule has 0 spiro atoms. The lowest BCUT2D eigenvalue weighted by Crippen LogP contribution is -2.28. The van der Waals surface area contributed by atoms with E-state index in [1.54, 1.807) is 43.3 Å². The number of thioether (sulfide) groups is 1. The predicted octanol–water partition coefficient (Wildman–Crippen LogP) is 3.56. The van der Waals surface area contributed by atoms with Crippen molar-refractivity contribution in [2.75, 3.05) is 11.5 Å². The van der Waals surface area contributed by atoms with Crippen molar-refractivity contribution in [3.8, 4) is 5.75 Å². The first-order valence-electron chi connectivity index (χ1n) is 8.33. The minimum atomic E-state index is -1.09. The highest BCUT2D eigenvalue weighted by Gasteiger charge is 2.34. The van der Waals surface area contributed by atoms with Gasteiger partial charge in [0.25, 0.3) is 5.91 Å². The Bertz CT molecular complexity index is 1060. The van der Waals surface area contributed by atoms with Gasteiger partial charge in [-0.2, -0.15) is 0 Å². The first-order chi connectivity index (χ1) is 13.8. The summed E-state index contributed by atoms with van der Waals surface area (Å²) >= 11 is 6.45. The van der Waals surface area contributed by atoms with E-state index in [0.717, 1.165) is 17.3 Å². The van der Waals surface area contributed by atoms with E-state index < -0.39 is 18.5 Å². The Kier molecular flexibility index (Phi) is 6.00. The van der Waals surface area contributed by atoms with Crippen LogP contribution in [0.1, 0.15) is 21.5 Å². The van der Waals surface area contributed by atoms with Crippen LogP contribution in [0.2, 0.25) is 0 Å². The van der Waals surface area contributed by atoms with Crippen molar-refractivity contribution in [3.63, 3.8) is 0 Å². The fourth-order valence-corrected chi connectivity index (χ4v) is 3.93.